The van der Waals surface area contributed by atoms with E-state index < -0.39 is 12.1 Å². The molecule has 0 spiro atoms. The van der Waals surface area contributed by atoms with Crippen molar-refractivity contribution >= 4 is 17.3 Å². The average molecular weight is 466 g/mol. The van der Waals surface area contributed by atoms with E-state index in [4.69, 9.17) is 0 Å². The van der Waals surface area contributed by atoms with E-state index in [0.29, 0.717) is 45.2 Å². The van der Waals surface area contributed by atoms with Crippen LogP contribution in [0.5, 0.6) is 0 Å². The molecule has 0 aliphatic carbocycles. The minimum atomic E-state index is -0.760. The van der Waals surface area contributed by atoms with Crippen LogP contribution in [0.4, 0.5) is 0 Å². The average Bonchev–Trinajstić information content (AvgIpc) is 2.77. The number of carbonyl (C=O) groups is 3. The standard InChI is InChI=1S/C26H47N3O4/c1-7-8-12-19(4)26(33)25-22(31)14-11-15-27-24(18(2)3)23(32)17-28-20(5)21(30)13-9-10-16-29(25)6/h7-8,18-20,24-28,33H,9-17H2,1-6H3/b8-7+/t19?,20-,24-,25?,26?/m0/s1. The van der Waals surface area contributed by atoms with Crippen LogP contribution in [-0.4, -0.2) is 78.3 Å². The molecule has 1 fully saturated rings. The van der Waals surface area contributed by atoms with E-state index in [2.05, 4.69) is 10.6 Å². The molecule has 3 unspecified atom stereocenters. The molecule has 1 rings (SSSR count). The van der Waals surface area contributed by atoms with Gasteiger partial charge in [-0.05, 0) is 71.5 Å². The number of carbonyl (C=O) groups excluding carboxylic acids is 3. The molecule has 1 heterocycles. The predicted octanol–water partition coefficient (Wildman–Crippen LogP) is 2.51. The van der Waals surface area contributed by atoms with Crippen molar-refractivity contribution in [2.24, 2.45) is 11.8 Å². The molecule has 0 radical (unpaired) electrons. The van der Waals surface area contributed by atoms with E-state index in [-0.39, 0.29) is 47.8 Å². The van der Waals surface area contributed by atoms with Crippen molar-refractivity contribution in [3.05, 3.63) is 12.2 Å². The largest absolute Gasteiger partial charge is 0.391 e. The number of allylic oxidation sites excluding steroid dienone is 2. The third kappa shape index (κ3) is 10.2. The molecule has 0 aromatic rings. The number of aliphatic hydroxyl groups excluding tert-OH is 1. The van der Waals surface area contributed by atoms with Crippen LogP contribution in [0, 0.1) is 11.8 Å². The Hall–Kier alpha value is -1.41. The van der Waals surface area contributed by atoms with E-state index in [1.54, 1.807) is 0 Å². The van der Waals surface area contributed by atoms with Crippen molar-refractivity contribution in [1.82, 2.24) is 15.5 Å². The van der Waals surface area contributed by atoms with Crippen molar-refractivity contribution in [3.8, 4) is 0 Å². The fourth-order valence-electron chi connectivity index (χ4n) is 4.38. The summed E-state index contributed by atoms with van der Waals surface area (Å²) in [6.07, 6.45) is 6.81. The Morgan fingerprint density at radius 2 is 1.70 bits per heavy atom. The zero-order chi connectivity index (χ0) is 25.0. The molecular formula is C26H47N3O4. The monoisotopic (exact) mass is 465 g/mol. The van der Waals surface area contributed by atoms with Gasteiger partial charge in [-0.25, -0.2) is 0 Å². The topological polar surface area (TPSA) is 98.7 Å². The van der Waals surface area contributed by atoms with Gasteiger partial charge in [0, 0.05) is 12.8 Å². The third-order valence-electron chi connectivity index (χ3n) is 6.68. The highest BCUT2D eigenvalue weighted by Gasteiger charge is 2.33. The van der Waals surface area contributed by atoms with Gasteiger partial charge in [-0.2, -0.15) is 0 Å². The summed E-state index contributed by atoms with van der Waals surface area (Å²) in [5, 5.41) is 17.4. The summed E-state index contributed by atoms with van der Waals surface area (Å²) in [5.41, 5.74) is 0. The first kappa shape index (κ1) is 29.6. The lowest BCUT2D eigenvalue weighted by atomic mass is 9.89. The molecule has 0 amide bonds. The highest BCUT2D eigenvalue weighted by atomic mass is 16.3. The molecular weight excluding hydrogens is 418 g/mol. The van der Waals surface area contributed by atoms with E-state index in [1.807, 2.05) is 58.7 Å². The summed E-state index contributed by atoms with van der Waals surface area (Å²) in [5.74, 6) is 0.224. The Morgan fingerprint density at radius 3 is 2.33 bits per heavy atom. The van der Waals surface area contributed by atoms with Crippen molar-refractivity contribution < 1.29 is 19.5 Å². The molecule has 0 saturated carbocycles. The van der Waals surface area contributed by atoms with Crippen LogP contribution in [0.2, 0.25) is 0 Å². The van der Waals surface area contributed by atoms with Gasteiger partial charge in [0.15, 0.2) is 11.6 Å². The number of nitrogens with one attached hydrogen (secondary N) is 2. The highest BCUT2D eigenvalue weighted by Crippen LogP contribution is 2.19. The first-order valence-corrected chi connectivity index (χ1v) is 12.6. The quantitative estimate of drug-likeness (QED) is 0.537. The Morgan fingerprint density at radius 1 is 1.03 bits per heavy atom. The minimum Gasteiger partial charge on any atom is -0.391 e. The predicted molar refractivity (Wildman–Crippen MR) is 133 cm³/mol. The summed E-state index contributed by atoms with van der Waals surface area (Å²) in [6, 6.07) is -1.26. The second-order valence-corrected chi connectivity index (χ2v) is 9.94. The van der Waals surface area contributed by atoms with Crippen molar-refractivity contribution in [1.29, 1.82) is 0 Å². The SMILES string of the molecule is C/C=C/CC(C)C(O)C1C(=O)CCCN[C@@H](C(C)C)C(=O)CN[C@@H](C)C(=O)CCCCN1C. The minimum absolute atomic E-state index is 0.0298. The number of Topliss-reactive ketones (excluding diaryl/α,β-unsaturated/α-hetero) is 3. The molecule has 3 N–H and O–H groups in total. The Bertz CT molecular complexity index is 649. The fraction of sp³-hybridized carbons (Fsp3) is 0.808. The molecule has 0 bridgehead atoms. The van der Waals surface area contributed by atoms with Crippen molar-refractivity contribution in [2.75, 3.05) is 26.7 Å². The highest BCUT2D eigenvalue weighted by molar-refractivity contribution is 5.88. The van der Waals surface area contributed by atoms with Crippen LogP contribution in [0.25, 0.3) is 0 Å². The lowest BCUT2D eigenvalue weighted by molar-refractivity contribution is -0.129. The lowest BCUT2D eigenvalue weighted by Gasteiger charge is -2.34. The van der Waals surface area contributed by atoms with Crippen LogP contribution < -0.4 is 10.6 Å². The van der Waals surface area contributed by atoms with Gasteiger partial charge in [-0.15, -0.1) is 0 Å². The van der Waals surface area contributed by atoms with Crippen LogP contribution in [0.15, 0.2) is 12.2 Å². The smallest absolute Gasteiger partial charge is 0.163 e. The van der Waals surface area contributed by atoms with Gasteiger partial charge in [0.05, 0.1) is 30.8 Å². The Kier molecular flexibility index (Phi) is 13.9. The summed E-state index contributed by atoms with van der Waals surface area (Å²) in [4.78, 5) is 40.3. The maximum Gasteiger partial charge on any atom is 0.163 e. The van der Waals surface area contributed by atoms with Gasteiger partial charge in [0.2, 0.25) is 0 Å². The molecule has 7 heteroatoms. The normalized spacial score (nSPS) is 28.2. The summed E-state index contributed by atoms with van der Waals surface area (Å²) in [6.45, 7) is 11.1. The van der Waals surface area contributed by atoms with Crippen LogP contribution in [0.3, 0.4) is 0 Å². The Balaban J connectivity index is 2.99. The molecule has 1 aliphatic heterocycles. The van der Waals surface area contributed by atoms with Crippen LogP contribution in [0.1, 0.15) is 73.1 Å². The third-order valence-corrected chi connectivity index (χ3v) is 6.68. The lowest BCUT2D eigenvalue weighted by Crippen LogP contribution is -2.50. The zero-order valence-corrected chi connectivity index (χ0v) is 21.6. The van der Waals surface area contributed by atoms with E-state index in [9.17, 15) is 19.5 Å². The first-order valence-electron chi connectivity index (χ1n) is 12.6. The number of aliphatic hydroxyl groups is 1. The van der Waals surface area contributed by atoms with Gasteiger partial charge >= 0.3 is 0 Å². The van der Waals surface area contributed by atoms with Gasteiger partial charge in [-0.1, -0.05) is 32.9 Å². The van der Waals surface area contributed by atoms with Gasteiger partial charge < -0.3 is 15.7 Å². The fourth-order valence-corrected chi connectivity index (χ4v) is 4.38. The molecule has 0 aromatic heterocycles. The number of hydrogen-bond acceptors (Lipinski definition) is 7. The molecule has 5 atom stereocenters. The van der Waals surface area contributed by atoms with Gasteiger partial charge in [-0.3, -0.25) is 19.3 Å². The maximum absolute atomic E-state index is 13.2. The van der Waals surface area contributed by atoms with Crippen molar-refractivity contribution in [2.45, 2.75) is 97.4 Å². The van der Waals surface area contributed by atoms with Crippen LogP contribution in [-0.2, 0) is 14.4 Å². The molecule has 33 heavy (non-hydrogen) atoms. The summed E-state index contributed by atoms with van der Waals surface area (Å²) >= 11 is 0. The second-order valence-electron chi connectivity index (χ2n) is 9.94. The number of likely N-dealkylation sites (N-methyl/N-ethyl adjacent to an activating group) is 1. The van der Waals surface area contributed by atoms with Crippen molar-refractivity contribution in [3.63, 3.8) is 0 Å². The Labute approximate surface area is 200 Å². The van der Waals surface area contributed by atoms with E-state index in [0.717, 1.165) is 6.42 Å². The number of ketones is 3. The number of nitrogens with zero attached hydrogens (tertiary/aromatic N) is 1. The van der Waals surface area contributed by atoms with E-state index >= 15 is 0 Å². The summed E-state index contributed by atoms with van der Waals surface area (Å²) in [7, 11) is 1.89. The summed E-state index contributed by atoms with van der Waals surface area (Å²) < 4.78 is 0. The van der Waals surface area contributed by atoms with Gasteiger partial charge in [0.1, 0.15) is 5.78 Å². The molecule has 1 aliphatic rings. The van der Waals surface area contributed by atoms with Gasteiger partial charge in [0.25, 0.3) is 0 Å². The number of hydrogen-bond donors (Lipinski definition) is 3. The molecule has 1 saturated heterocycles. The van der Waals surface area contributed by atoms with Crippen LogP contribution >= 0.6 is 0 Å². The zero-order valence-electron chi connectivity index (χ0n) is 21.6. The van der Waals surface area contributed by atoms with E-state index in [1.165, 1.54) is 0 Å². The maximum atomic E-state index is 13.2. The molecule has 7 nitrogen and oxygen atoms in total. The second kappa shape index (κ2) is 15.5. The number of rotatable bonds is 5. The molecule has 0 aromatic carbocycles. The first-order chi connectivity index (χ1) is 15.6. The molecule has 190 valence electrons.